The van der Waals surface area contributed by atoms with Crippen LogP contribution in [0.4, 0.5) is 0 Å². The first-order valence-corrected chi connectivity index (χ1v) is 0. The van der Waals surface area contributed by atoms with Gasteiger partial charge in [-0.15, -0.1) is 0 Å². The molecule has 0 rings (SSSR count). The van der Waals surface area contributed by atoms with Crippen LogP contribution < -0.4 is 0 Å². The minimum atomic E-state index is 0. The fourth-order valence-electron chi connectivity index (χ4n) is 0. The molecule has 0 aromatic rings. The van der Waals surface area contributed by atoms with E-state index in [0.717, 1.165) is 0 Å². The Bertz CT molecular complexity index is 7.61. The van der Waals surface area contributed by atoms with Crippen molar-refractivity contribution in [3.63, 3.8) is 0 Å². The van der Waals surface area contributed by atoms with Crippen molar-refractivity contribution in [3.8, 4) is 0 Å². The van der Waals surface area contributed by atoms with Gasteiger partial charge in [0.15, 0.2) is 0 Å². The Labute approximate surface area is 81.0 Å². The Morgan fingerprint density at radius 2 is 0.600 bits per heavy atom. The fraction of sp³-hybridized carbons (Fsp3) is 0. The maximum absolute atomic E-state index is 0. The van der Waals surface area contributed by atoms with Gasteiger partial charge in [0.1, 0.15) is 0 Å². The first-order chi connectivity index (χ1) is 0. The average Bonchev–Trinajstić information content (AvgIpc) is 0. The van der Waals surface area contributed by atoms with Gasteiger partial charge in [-0.3, -0.25) is 0 Å². The third kappa shape index (κ3) is 22.1. The van der Waals surface area contributed by atoms with Gasteiger partial charge in [0, 0.05) is 0 Å². The van der Waals surface area contributed by atoms with E-state index in [0.29, 0.717) is 0 Å². The molecule has 5 heteroatoms. The van der Waals surface area contributed by atoms with E-state index in [-0.39, 0.29) is 82.1 Å². The van der Waals surface area contributed by atoms with Crippen molar-refractivity contribution in [1.29, 1.82) is 0 Å². The molecular formula is In2O2Zn+4. The topological polar surface area (TPSA) is 57.0 Å². The summed E-state index contributed by atoms with van der Waals surface area (Å²) in [5.74, 6) is 0. The molecule has 0 unspecified atom stereocenters. The quantitative estimate of drug-likeness (QED) is 0.513. The van der Waals surface area contributed by atoms with E-state index in [4.69, 9.17) is 0 Å². The zero-order valence-corrected chi connectivity index (χ0v) is 12.2. The molecule has 16 valence electrons. The summed E-state index contributed by atoms with van der Waals surface area (Å²) in [6, 6.07) is 0. The van der Waals surface area contributed by atoms with E-state index in [1.165, 1.54) is 0 Å². The van der Waals surface area contributed by atoms with Gasteiger partial charge in [-0.2, -0.15) is 0 Å². The number of hydrogen-bond donors (Lipinski definition) is 0. The van der Waals surface area contributed by atoms with E-state index < -0.39 is 0 Å². The minimum absolute atomic E-state index is 0. The van der Waals surface area contributed by atoms with Crippen LogP contribution in [0, 0.1) is 0 Å². The number of rotatable bonds is 0. The molecule has 0 radical (unpaired) electrons. The van der Waals surface area contributed by atoms with Crippen molar-refractivity contribution < 1.29 is 30.4 Å². The third-order valence-corrected chi connectivity index (χ3v) is 0. The zero-order valence-electron chi connectivity index (χ0n) is 2.68. The van der Waals surface area contributed by atoms with Gasteiger partial charge in [0.25, 0.3) is 0 Å². The van der Waals surface area contributed by atoms with Gasteiger partial charge in [-0.05, 0) is 0 Å². The van der Waals surface area contributed by atoms with Gasteiger partial charge >= 0.3 is 71.2 Å². The van der Waals surface area contributed by atoms with Crippen LogP contribution in [0.25, 0.3) is 0 Å². The Morgan fingerprint density at radius 3 is 0.600 bits per heavy atom. The fourth-order valence-corrected chi connectivity index (χ4v) is 0. The van der Waals surface area contributed by atoms with Crippen molar-refractivity contribution in [2.45, 2.75) is 0 Å². The summed E-state index contributed by atoms with van der Waals surface area (Å²) in [7, 11) is 0. The Hall–Kier alpha value is 2.28. The SMILES string of the molecule is [In+3].[In+3].[O-2].[O-2].[Zn+2]. The molecule has 0 aromatic carbocycles. The van der Waals surface area contributed by atoms with E-state index in [9.17, 15) is 0 Å². The summed E-state index contributed by atoms with van der Waals surface area (Å²) in [6.45, 7) is 0. The van der Waals surface area contributed by atoms with Crippen LogP contribution in [0.3, 0.4) is 0 Å². The summed E-state index contributed by atoms with van der Waals surface area (Å²) < 4.78 is 0. The molecule has 0 saturated carbocycles. The molecule has 0 aliphatic rings. The maximum atomic E-state index is 0. The molecule has 2 nitrogen and oxygen atoms in total. The summed E-state index contributed by atoms with van der Waals surface area (Å²) >= 11 is 0. The molecule has 0 aromatic heterocycles. The van der Waals surface area contributed by atoms with Crippen LogP contribution in [0.2, 0.25) is 0 Å². The predicted octanol–water partition coefficient (Wildman–Crippen LogP) is -1.00. The van der Waals surface area contributed by atoms with Crippen LogP contribution in [-0.2, 0) is 30.4 Å². The molecule has 0 aliphatic carbocycles. The summed E-state index contributed by atoms with van der Waals surface area (Å²) in [6.07, 6.45) is 0. The van der Waals surface area contributed by atoms with Gasteiger partial charge in [0.05, 0.1) is 0 Å². The van der Waals surface area contributed by atoms with Crippen molar-refractivity contribution in [1.82, 2.24) is 0 Å². The molecule has 0 heterocycles. The summed E-state index contributed by atoms with van der Waals surface area (Å²) in [4.78, 5) is 0. The molecule has 0 N–H and O–H groups in total. The van der Waals surface area contributed by atoms with E-state index >= 15 is 0 Å². The van der Waals surface area contributed by atoms with Gasteiger partial charge in [0.2, 0.25) is 0 Å². The Kier molecular flexibility index (Phi) is 371. The Morgan fingerprint density at radius 1 is 0.600 bits per heavy atom. The monoisotopic (exact) mass is 326 g/mol. The van der Waals surface area contributed by atoms with E-state index in [1.54, 1.807) is 0 Å². The largest absolute Gasteiger partial charge is 3.00 e. The van der Waals surface area contributed by atoms with Gasteiger partial charge in [-0.25, -0.2) is 0 Å². The van der Waals surface area contributed by atoms with Crippen molar-refractivity contribution in [2.75, 3.05) is 0 Å². The summed E-state index contributed by atoms with van der Waals surface area (Å²) in [5.41, 5.74) is 0. The molecule has 0 bridgehead atoms. The normalized spacial score (nSPS) is 0. The Balaban J connectivity index is 0. The molecule has 0 saturated heterocycles. The maximum Gasteiger partial charge on any atom is 3.00 e. The van der Waals surface area contributed by atoms with Crippen LogP contribution in [0.5, 0.6) is 0 Å². The number of hydrogen-bond acceptors (Lipinski definition) is 0. The predicted molar refractivity (Wildman–Crippen MR) is 12.9 cm³/mol. The van der Waals surface area contributed by atoms with Gasteiger partial charge < -0.3 is 11.0 Å². The molecule has 0 fully saturated rings. The van der Waals surface area contributed by atoms with Crippen molar-refractivity contribution >= 4 is 51.7 Å². The third-order valence-electron chi connectivity index (χ3n) is 0. The molecule has 0 atom stereocenters. The average molecular weight is 327 g/mol. The second-order valence-electron chi connectivity index (χ2n) is 0. The first kappa shape index (κ1) is 55.1. The zero-order chi connectivity index (χ0) is 0. The van der Waals surface area contributed by atoms with Crippen molar-refractivity contribution in [2.24, 2.45) is 0 Å². The summed E-state index contributed by atoms with van der Waals surface area (Å²) in [5, 5.41) is 0. The second-order valence-corrected chi connectivity index (χ2v) is 0. The van der Waals surface area contributed by atoms with Crippen LogP contribution >= 0.6 is 0 Å². The molecule has 0 aliphatic heterocycles. The van der Waals surface area contributed by atoms with Crippen LogP contribution in [0.1, 0.15) is 0 Å². The van der Waals surface area contributed by atoms with E-state index in [1.807, 2.05) is 0 Å². The standard InChI is InChI=1S/2In.2O.Zn/q2*+3;2*-2;+2. The minimum Gasteiger partial charge on any atom is -2.00 e. The smallest absolute Gasteiger partial charge is 2.00 e. The molecular weight excluding hydrogens is 327 g/mol. The van der Waals surface area contributed by atoms with Crippen molar-refractivity contribution in [3.05, 3.63) is 0 Å². The molecule has 0 spiro atoms. The van der Waals surface area contributed by atoms with Crippen LogP contribution in [0.15, 0.2) is 0 Å². The van der Waals surface area contributed by atoms with E-state index in [2.05, 4.69) is 0 Å². The van der Waals surface area contributed by atoms with Gasteiger partial charge in [-0.1, -0.05) is 0 Å². The first-order valence-electron chi connectivity index (χ1n) is 0. The molecule has 5 heavy (non-hydrogen) atoms. The molecule has 0 amide bonds. The second kappa shape index (κ2) is 33.6. The van der Waals surface area contributed by atoms with Crippen LogP contribution in [-0.4, -0.2) is 51.7 Å².